The molecule has 6 nitrogen and oxygen atoms in total. The average Bonchev–Trinajstić information content (AvgIpc) is 3.30. The predicted octanol–water partition coefficient (Wildman–Crippen LogP) is 4.42. The highest BCUT2D eigenvalue weighted by Crippen LogP contribution is 2.39. The lowest BCUT2D eigenvalue weighted by Crippen LogP contribution is -2.35. The summed E-state index contributed by atoms with van der Waals surface area (Å²) in [5.74, 6) is 0.530. The summed E-state index contributed by atoms with van der Waals surface area (Å²) in [6.45, 7) is -0.115. The molecule has 2 unspecified atom stereocenters. The summed E-state index contributed by atoms with van der Waals surface area (Å²) in [7, 11) is 1.79. The smallest absolute Gasteiger partial charge is 0.165 e. The minimum absolute atomic E-state index is 0.115. The average molecular weight is 457 g/mol. The minimum Gasteiger partial charge on any atom is -0.489 e. The second-order valence-corrected chi connectivity index (χ2v) is 8.60. The zero-order chi connectivity index (χ0) is 23.5. The van der Waals surface area contributed by atoms with E-state index in [0.29, 0.717) is 22.6 Å². The number of aliphatic hydroxyl groups is 1. The van der Waals surface area contributed by atoms with E-state index >= 15 is 0 Å². The van der Waals surface area contributed by atoms with Crippen LogP contribution in [-0.4, -0.2) is 26.1 Å². The third kappa shape index (κ3) is 4.40. The van der Waals surface area contributed by atoms with Crippen molar-refractivity contribution in [3.05, 3.63) is 107 Å². The predicted molar refractivity (Wildman–Crippen MR) is 125 cm³/mol. The number of hydrogen-bond donors (Lipinski definition) is 1. The van der Waals surface area contributed by atoms with Crippen LogP contribution in [0, 0.1) is 22.7 Å². The first-order valence-corrected chi connectivity index (χ1v) is 10.7. The summed E-state index contributed by atoms with van der Waals surface area (Å²) in [6.07, 6.45) is 6.76. The van der Waals surface area contributed by atoms with Crippen molar-refractivity contribution in [1.29, 1.82) is 10.5 Å². The largest absolute Gasteiger partial charge is 0.489 e. The number of allylic oxidation sites excluding steroid dienone is 3. The summed E-state index contributed by atoms with van der Waals surface area (Å²) in [6, 6.07) is 20.5. The molecule has 0 amide bonds. The SMILES string of the molecule is Cn1cncc1C(O)(COC1=C(c2ccccc2)CC(Cl)(C#N)C=C1)c1ccc(C#N)cc1. The highest BCUT2D eigenvalue weighted by Gasteiger charge is 2.37. The molecule has 1 heterocycles. The van der Waals surface area contributed by atoms with Gasteiger partial charge in [-0.05, 0) is 35.4 Å². The molecule has 33 heavy (non-hydrogen) atoms. The van der Waals surface area contributed by atoms with Gasteiger partial charge >= 0.3 is 0 Å². The van der Waals surface area contributed by atoms with Crippen LogP contribution in [0.5, 0.6) is 0 Å². The van der Waals surface area contributed by atoms with E-state index in [9.17, 15) is 10.4 Å². The zero-order valence-electron chi connectivity index (χ0n) is 17.9. The molecule has 164 valence electrons. The molecule has 1 aliphatic rings. The van der Waals surface area contributed by atoms with Gasteiger partial charge < -0.3 is 14.4 Å². The fraction of sp³-hybridized carbons (Fsp3) is 0.192. The monoisotopic (exact) mass is 456 g/mol. The van der Waals surface area contributed by atoms with Gasteiger partial charge in [-0.3, -0.25) is 0 Å². The van der Waals surface area contributed by atoms with Crippen molar-refractivity contribution >= 4 is 17.2 Å². The summed E-state index contributed by atoms with van der Waals surface area (Å²) < 4.78 is 7.94. The third-order valence-electron chi connectivity index (χ3n) is 5.71. The Balaban J connectivity index is 1.74. The lowest BCUT2D eigenvalue weighted by molar-refractivity contribution is -0.000544. The van der Waals surface area contributed by atoms with Gasteiger partial charge in [0.2, 0.25) is 0 Å². The first-order valence-electron chi connectivity index (χ1n) is 10.3. The van der Waals surface area contributed by atoms with Crippen molar-refractivity contribution in [1.82, 2.24) is 9.55 Å². The zero-order valence-corrected chi connectivity index (χ0v) is 18.7. The number of aromatic nitrogens is 2. The van der Waals surface area contributed by atoms with Gasteiger partial charge in [0.05, 0.1) is 35.9 Å². The Kier molecular flexibility index (Phi) is 6.07. The Morgan fingerprint density at radius 1 is 1.18 bits per heavy atom. The molecule has 1 aromatic heterocycles. The molecule has 1 aliphatic carbocycles. The van der Waals surface area contributed by atoms with E-state index in [1.54, 1.807) is 60.6 Å². The van der Waals surface area contributed by atoms with Crippen molar-refractivity contribution in [3.8, 4) is 12.1 Å². The maximum Gasteiger partial charge on any atom is 0.165 e. The van der Waals surface area contributed by atoms with Crippen molar-refractivity contribution < 1.29 is 9.84 Å². The van der Waals surface area contributed by atoms with Gasteiger partial charge in [0.15, 0.2) is 10.5 Å². The molecule has 0 bridgehead atoms. The van der Waals surface area contributed by atoms with Crippen LogP contribution in [0.15, 0.2) is 85.0 Å². The molecule has 0 saturated heterocycles. The Hall–Kier alpha value is -3.84. The Morgan fingerprint density at radius 3 is 2.52 bits per heavy atom. The standard InChI is InChI=1S/C26H21ClN4O2/c1-31-18-30-15-24(31)26(32,21-9-7-19(14-28)8-10-21)17-33-23-11-12-25(27,16-29)13-22(23)20-5-3-2-4-6-20/h2-12,15,18,32H,13,17H2,1H3. The first-order chi connectivity index (χ1) is 15.9. The van der Waals surface area contributed by atoms with E-state index in [0.717, 1.165) is 11.1 Å². The molecule has 0 spiro atoms. The van der Waals surface area contributed by atoms with Crippen LogP contribution in [0.25, 0.3) is 5.57 Å². The van der Waals surface area contributed by atoms with Crippen molar-refractivity contribution in [2.75, 3.05) is 6.61 Å². The summed E-state index contributed by atoms with van der Waals surface area (Å²) >= 11 is 6.46. The minimum atomic E-state index is -1.54. The fourth-order valence-electron chi connectivity index (χ4n) is 3.87. The molecule has 0 fully saturated rings. The molecule has 4 rings (SSSR count). The molecule has 0 radical (unpaired) electrons. The molecule has 0 aliphatic heterocycles. The van der Waals surface area contributed by atoms with Crippen molar-refractivity contribution in [2.45, 2.75) is 16.9 Å². The van der Waals surface area contributed by atoms with Crippen LogP contribution in [-0.2, 0) is 17.4 Å². The third-order valence-corrected chi connectivity index (χ3v) is 6.05. The number of imidazole rings is 1. The number of benzene rings is 2. The van der Waals surface area contributed by atoms with Gasteiger partial charge in [-0.15, -0.1) is 0 Å². The van der Waals surface area contributed by atoms with E-state index in [-0.39, 0.29) is 13.0 Å². The number of rotatable bonds is 6. The molecule has 2 atom stereocenters. The normalized spacial score (nSPS) is 19.4. The van der Waals surface area contributed by atoms with Gasteiger partial charge in [-0.1, -0.05) is 54.1 Å². The van der Waals surface area contributed by atoms with Gasteiger partial charge in [-0.2, -0.15) is 10.5 Å². The summed E-state index contributed by atoms with van der Waals surface area (Å²) in [5.41, 5.74) is 1.73. The van der Waals surface area contributed by atoms with Gasteiger partial charge in [0.25, 0.3) is 0 Å². The maximum absolute atomic E-state index is 11.8. The van der Waals surface area contributed by atoms with Gasteiger partial charge in [0, 0.05) is 19.0 Å². The number of alkyl halides is 1. The van der Waals surface area contributed by atoms with Crippen LogP contribution in [0.3, 0.4) is 0 Å². The second-order valence-electron chi connectivity index (χ2n) is 7.92. The highest BCUT2D eigenvalue weighted by atomic mass is 35.5. The molecule has 7 heteroatoms. The fourth-order valence-corrected chi connectivity index (χ4v) is 4.07. The van der Waals surface area contributed by atoms with E-state index in [1.807, 2.05) is 30.3 Å². The van der Waals surface area contributed by atoms with Crippen molar-refractivity contribution in [2.24, 2.45) is 7.05 Å². The molecule has 3 aromatic rings. The number of ether oxygens (including phenoxy) is 1. The van der Waals surface area contributed by atoms with Crippen LogP contribution in [0.1, 0.15) is 28.8 Å². The summed E-state index contributed by atoms with van der Waals surface area (Å²) in [4.78, 5) is 2.99. The van der Waals surface area contributed by atoms with Gasteiger partial charge in [0.1, 0.15) is 12.4 Å². The highest BCUT2D eigenvalue weighted by molar-refractivity contribution is 6.28. The summed E-state index contributed by atoms with van der Waals surface area (Å²) in [5, 5.41) is 30.5. The molecule has 2 aromatic carbocycles. The Bertz CT molecular complexity index is 1300. The van der Waals surface area contributed by atoms with Crippen molar-refractivity contribution in [3.63, 3.8) is 0 Å². The quantitative estimate of drug-likeness (QED) is 0.554. The van der Waals surface area contributed by atoms with E-state index in [2.05, 4.69) is 17.1 Å². The van der Waals surface area contributed by atoms with E-state index < -0.39 is 10.5 Å². The van der Waals surface area contributed by atoms with E-state index in [4.69, 9.17) is 21.6 Å². The Labute approximate surface area is 197 Å². The second kappa shape index (κ2) is 8.96. The topological polar surface area (TPSA) is 94.9 Å². The molecular weight excluding hydrogens is 436 g/mol. The van der Waals surface area contributed by atoms with Crippen LogP contribution in [0.2, 0.25) is 0 Å². The number of aryl methyl sites for hydroxylation is 1. The molecular formula is C26H21ClN4O2. The molecule has 0 saturated carbocycles. The maximum atomic E-state index is 11.8. The number of nitriles is 2. The lowest BCUT2D eigenvalue weighted by Gasteiger charge is -2.31. The Morgan fingerprint density at radius 2 is 1.91 bits per heavy atom. The van der Waals surface area contributed by atoms with Crippen LogP contribution < -0.4 is 0 Å². The van der Waals surface area contributed by atoms with Gasteiger partial charge in [-0.25, -0.2) is 4.98 Å². The number of halogens is 1. The first kappa shape index (κ1) is 22.4. The van der Waals surface area contributed by atoms with Crippen LogP contribution in [0.4, 0.5) is 0 Å². The lowest BCUT2D eigenvalue weighted by atomic mass is 9.88. The molecule has 1 N–H and O–H groups in total. The number of hydrogen-bond acceptors (Lipinski definition) is 5. The van der Waals surface area contributed by atoms with E-state index in [1.165, 1.54) is 0 Å². The van der Waals surface area contributed by atoms with Crippen LogP contribution >= 0.6 is 11.6 Å². The number of nitrogens with zero attached hydrogens (tertiary/aromatic N) is 4.